The van der Waals surface area contributed by atoms with Crippen LogP contribution in [0.5, 0.6) is 5.75 Å². The first-order valence-electron chi connectivity index (χ1n) is 10.9. The molecule has 2 aromatic heterocycles. The Morgan fingerprint density at radius 1 is 1.12 bits per heavy atom. The number of Topliss-reactive ketones (excluding diaryl/α,β-unsaturated/α-hetero) is 1. The van der Waals surface area contributed by atoms with E-state index in [1.165, 1.54) is 4.90 Å². The smallest absolute Gasteiger partial charge is 0.296 e. The molecule has 2 aromatic carbocycles. The van der Waals surface area contributed by atoms with E-state index in [-0.39, 0.29) is 17.9 Å². The molecular formula is C27H23N3O4. The van der Waals surface area contributed by atoms with E-state index in [1.54, 1.807) is 49.8 Å². The van der Waals surface area contributed by atoms with Crippen LogP contribution in [-0.4, -0.2) is 38.8 Å². The Hall–Kier alpha value is -4.39. The van der Waals surface area contributed by atoms with Crippen molar-refractivity contribution < 1.29 is 19.4 Å². The van der Waals surface area contributed by atoms with Gasteiger partial charge in [-0.05, 0) is 48.9 Å². The summed E-state index contributed by atoms with van der Waals surface area (Å²) in [6, 6.07) is 17.5. The van der Waals surface area contributed by atoms with Gasteiger partial charge in [0.1, 0.15) is 11.5 Å². The number of aromatic amines is 1. The fraction of sp³-hybridized carbons (Fsp3) is 0.148. The fourth-order valence-electron chi connectivity index (χ4n) is 4.53. The first-order chi connectivity index (χ1) is 16.5. The maximum Gasteiger partial charge on any atom is 0.296 e. The van der Waals surface area contributed by atoms with Gasteiger partial charge in [-0.25, -0.2) is 0 Å². The van der Waals surface area contributed by atoms with E-state index in [2.05, 4.69) is 9.97 Å². The average Bonchev–Trinajstić information content (AvgIpc) is 3.38. The van der Waals surface area contributed by atoms with Crippen molar-refractivity contribution in [3.63, 3.8) is 0 Å². The van der Waals surface area contributed by atoms with Crippen LogP contribution in [0.1, 0.15) is 28.4 Å². The third-order valence-electron chi connectivity index (χ3n) is 6.20. The van der Waals surface area contributed by atoms with Crippen molar-refractivity contribution in [2.75, 3.05) is 7.11 Å². The SMILES string of the molecule is COc1ccc(/C(O)=C2\C(=O)C(=O)N(Cc3ccccn3)C2c2c[nH]c3ccccc23)c(C)c1. The van der Waals surface area contributed by atoms with Crippen molar-refractivity contribution in [3.05, 3.63) is 101 Å². The second-order valence-electron chi connectivity index (χ2n) is 8.22. The molecule has 7 heteroatoms. The molecule has 5 rings (SSSR count). The summed E-state index contributed by atoms with van der Waals surface area (Å²) in [5.41, 5.74) is 3.51. The molecule has 0 spiro atoms. The van der Waals surface area contributed by atoms with Crippen molar-refractivity contribution in [1.82, 2.24) is 14.9 Å². The number of methoxy groups -OCH3 is 1. The number of amides is 1. The number of hydrogen-bond donors (Lipinski definition) is 2. The molecule has 2 N–H and O–H groups in total. The van der Waals surface area contributed by atoms with E-state index in [9.17, 15) is 14.7 Å². The van der Waals surface area contributed by atoms with Gasteiger partial charge in [0.05, 0.1) is 31.0 Å². The number of ketones is 1. The maximum atomic E-state index is 13.3. The van der Waals surface area contributed by atoms with Gasteiger partial charge in [-0.15, -0.1) is 0 Å². The Kier molecular flexibility index (Phi) is 5.37. The van der Waals surface area contributed by atoms with Crippen molar-refractivity contribution >= 4 is 28.4 Å². The van der Waals surface area contributed by atoms with Crippen molar-refractivity contribution in [1.29, 1.82) is 0 Å². The number of rotatable bonds is 5. The summed E-state index contributed by atoms with van der Waals surface area (Å²) in [4.78, 5) is 35.6. The summed E-state index contributed by atoms with van der Waals surface area (Å²) in [5.74, 6) is -0.970. The van der Waals surface area contributed by atoms with Crippen LogP contribution in [0.2, 0.25) is 0 Å². The van der Waals surface area contributed by atoms with Gasteiger partial charge in [0.2, 0.25) is 0 Å². The van der Waals surface area contributed by atoms with E-state index in [4.69, 9.17) is 4.74 Å². The number of fused-ring (bicyclic) bond motifs is 1. The fourth-order valence-corrected chi connectivity index (χ4v) is 4.53. The van der Waals surface area contributed by atoms with Gasteiger partial charge in [-0.1, -0.05) is 24.3 Å². The summed E-state index contributed by atoms with van der Waals surface area (Å²) < 4.78 is 5.27. The van der Waals surface area contributed by atoms with Crippen LogP contribution >= 0.6 is 0 Å². The van der Waals surface area contributed by atoms with Gasteiger partial charge in [0, 0.05) is 34.4 Å². The number of carbonyl (C=O) groups excluding carboxylic acids is 2. The lowest BCUT2D eigenvalue weighted by Gasteiger charge is -2.24. The number of likely N-dealkylation sites (tertiary alicyclic amines) is 1. The summed E-state index contributed by atoms with van der Waals surface area (Å²) >= 11 is 0. The second kappa shape index (κ2) is 8.51. The minimum absolute atomic E-state index is 0.0546. The average molecular weight is 453 g/mol. The lowest BCUT2D eigenvalue weighted by Crippen LogP contribution is -2.29. The highest BCUT2D eigenvalue weighted by Gasteiger charge is 2.47. The summed E-state index contributed by atoms with van der Waals surface area (Å²) in [5, 5.41) is 12.3. The largest absolute Gasteiger partial charge is 0.507 e. The molecule has 4 aromatic rings. The Morgan fingerprint density at radius 2 is 1.91 bits per heavy atom. The minimum Gasteiger partial charge on any atom is -0.507 e. The van der Waals surface area contributed by atoms with Crippen LogP contribution in [0.4, 0.5) is 0 Å². The lowest BCUT2D eigenvalue weighted by atomic mass is 9.93. The van der Waals surface area contributed by atoms with E-state index in [1.807, 2.05) is 37.3 Å². The summed E-state index contributed by atoms with van der Waals surface area (Å²) in [7, 11) is 1.56. The molecule has 1 atom stereocenters. The first-order valence-corrected chi connectivity index (χ1v) is 10.9. The van der Waals surface area contributed by atoms with Crippen LogP contribution in [0.25, 0.3) is 16.7 Å². The number of ether oxygens (including phenoxy) is 1. The van der Waals surface area contributed by atoms with E-state index in [0.29, 0.717) is 17.0 Å². The zero-order valence-electron chi connectivity index (χ0n) is 18.8. The number of aliphatic hydroxyl groups excluding tert-OH is 1. The number of pyridine rings is 1. The number of nitrogens with one attached hydrogen (secondary N) is 1. The molecule has 0 bridgehead atoms. The van der Waals surface area contributed by atoms with Crippen LogP contribution in [0, 0.1) is 6.92 Å². The molecule has 1 fully saturated rings. The molecule has 1 amide bonds. The Morgan fingerprint density at radius 3 is 2.65 bits per heavy atom. The molecule has 3 heterocycles. The summed E-state index contributed by atoms with van der Waals surface area (Å²) in [6.07, 6.45) is 3.44. The Bertz CT molecular complexity index is 1440. The predicted octanol–water partition coefficient (Wildman–Crippen LogP) is 4.50. The third kappa shape index (κ3) is 3.51. The molecule has 1 unspecified atom stereocenters. The third-order valence-corrected chi connectivity index (χ3v) is 6.20. The van der Waals surface area contributed by atoms with Crippen LogP contribution in [0.15, 0.2) is 78.6 Å². The molecule has 7 nitrogen and oxygen atoms in total. The topological polar surface area (TPSA) is 95.5 Å². The standard InChI is InChI=1S/C27H23N3O4/c1-16-13-18(34-2)10-11-19(16)25(31)23-24(21-14-29-22-9-4-3-8-20(21)22)30(27(33)26(23)32)15-17-7-5-6-12-28-17/h3-14,24,29,31H,15H2,1-2H3/b25-23+. The number of H-pyrrole nitrogens is 1. The van der Waals surface area contributed by atoms with Crippen LogP contribution < -0.4 is 4.74 Å². The highest BCUT2D eigenvalue weighted by Crippen LogP contribution is 2.43. The van der Waals surface area contributed by atoms with Crippen molar-refractivity contribution in [2.24, 2.45) is 0 Å². The van der Waals surface area contributed by atoms with Crippen LogP contribution in [0.3, 0.4) is 0 Å². The van der Waals surface area contributed by atoms with E-state index >= 15 is 0 Å². The molecule has 34 heavy (non-hydrogen) atoms. The normalized spacial score (nSPS) is 17.5. The molecule has 1 aliphatic rings. The number of aryl methyl sites for hydroxylation is 1. The minimum atomic E-state index is -0.778. The highest BCUT2D eigenvalue weighted by atomic mass is 16.5. The number of aliphatic hydroxyl groups is 1. The van der Waals surface area contributed by atoms with Gasteiger partial charge in [0.15, 0.2) is 0 Å². The summed E-state index contributed by atoms with van der Waals surface area (Å²) in [6.45, 7) is 1.95. The van der Waals surface area contributed by atoms with E-state index < -0.39 is 17.7 Å². The molecule has 0 aliphatic carbocycles. The lowest BCUT2D eigenvalue weighted by molar-refractivity contribution is -0.140. The van der Waals surface area contributed by atoms with Crippen molar-refractivity contribution in [3.8, 4) is 5.75 Å². The number of carbonyl (C=O) groups is 2. The van der Waals surface area contributed by atoms with Gasteiger partial charge >= 0.3 is 0 Å². The zero-order chi connectivity index (χ0) is 23.8. The van der Waals surface area contributed by atoms with E-state index in [0.717, 1.165) is 22.0 Å². The molecule has 170 valence electrons. The monoisotopic (exact) mass is 453 g/mol. The molecule has 0 radical (unpaired) electrons. The molecular weight excluding hydrogens is 430 g/mol. The number of para-hydroxylation sites is 1. The molecule has 0 saturated carbocycles. The van der Waals surface area contributed by atoms with Gasteiger partial charge in [0.25, 0.3) is 11.7 Å². The Labute approximate surface area is 196 Å². The van der Waals surface area contributed by atoms with Crippen LogP contribution in [-0.2, 0) is 16.1 Å². The number of benzene rings is 2. The number of aromatic nitrogens is 2. The predicted molar refractivity (Wildman–Crippen MR) is 128 cm³/mol. The zero-order valence-corrected chi connectivity index (χ0v) is 18.8. The highest BCUT2D eigenvalue weighted by molar-refractivity contribution is 6.46. The maximum absolute atomic E-state index is 13.3. The number of hydrogen-bond acceptors (Lipinski definition) is 5. The van der Waals surface area contributed by atoms with Crippen molar-refractivity contribution in [2.45, 2.75) is 19.5 Å². The molecule has 1 saturated heterocycles. The second-order valence-corrected chi connectivity index (χ2v) is 8.22. The van der Waals surface area contributed by atoms with Gasteiger partial charge in [-0.2, -0.15) is 0 Å². The van der Waals surface area contributed by atoms with Gasteiger partial charge < -0.3 is 19.7 Å². The first kappa shape index (κ1) is 21.5. The molecule has 1 aliphatic heterocycles. The quantitative estimate of drug-likeness (QED) is 0.264. The Balaban J connectivity index is 1.71. The number of nitrogens with zero attached hydrogens (tertiary/aromatic N) is 2. The van der Waals surface area contributed by atoms with Gasteiger partial charge in [-0.3, -0.25) is 14.6 Å².